The molecule has 2 atom stereocenters. The second-order valence-corrected chi connectivity index (χ2v) is 8.78. The average molecular weight is 405 g/mol. The maximum Gasteiger partial charge on any atom is 0.335 e. The predicted molar refractivity (Wildman–Crippen MR) is 116 cm³/mol. The zero-order chi connectivity index (χ0) is 21.1. The Morgan fingerprint density at radius 3 is 2.50 bits per heavy atom. The van der Waals surface area contributed by atoms with Gasteiger partial charge in [0.05, 0.1) is 11.7 Å². The molecule has 4 rings (SSSR count). The van der Waals surface area contributed by atoms with Crippen molar-refractivity contribution in [2.75, 3.05) is 6.61 Å². The van der Waals surface area contributed by atoms with Gasteiger partial charge in [0.15, 0.2) is 6.29 Å². The Labute approximate surface area is 178 Å². The van der Waals surface area contributed by atoms with Gasteiger partial charge in [-0.15, -0.1) is 0 Å². The smallest absolute Gasteiger partial charge is 0.335 e. The van der Waals surface area contributed by atoms with Gasteiger partial charge >= 0.3 is 5.97 Å². The molecule has 0 amide bonds. The van der Waals surface area contributed by atoms with Crippen LogP contribution in [0, 0.1) is 11.8 Å². The highest BCUT2D eigenvalue weighted by Gasteiger charge is 2.34. The lowest BCUT2D eigenvalue weighted by Gasteiger charge is -2.38. The Bertz CT molecular complexity index is 972. The molecule has 0 aromatic heterocycles. The minimum Gasteiger partial charge on any atom is -0.478 e. The van der Waals surface area contributed by atoms with E-state index in [1.165, 1.54) is 11.1 Å². The van der Waals surface area contributed by atoms with E-state index in [4.69, 9.17) is 14.6 Å². The first kappa shape index (κ1) is 20.7. The molecule has 0 unspecified atom stereocenters. The van der Waals surface area contributed by atoms with Crippen LogP contribution in [-0.4, -0.2) is 24.0 Å². The molecule has 156 valence electrons. The van der Waals surface area contributed by atoms with Gasteiger partial charge in [-0.05, 0) is 85.0 Å². The van der Waals surface area contributed by atoms with Crippen molar-refractivity contribution < 1.29 is 19.4 Å². The number of benzene rings is 2. The summed E-state index contributed by atoms with van der Waals surface area (Å²) in [5.41, 5.74) is 4.65. The number of rotatable bonds is 3. The van der Waals surface area contributed by atoms with Crippen LogP contribution in [0.15, 0.2) is 42.5 Å². The van der Waals surface area contributed by atoms with E-state index in [1.807, 2.05) is 0 Å². The summed E-state index contributed by atoms with van der Waals surface area (Å²) in [5.74, 6) is 5.44. The second-order valence-electron chi connectivity index (χ2n) is 8.78. The molecular formula is C26H28O4. The SMILES string of the molecule is CC1(C)CC[C@@H](O[C@@H]2CCCCO2)c2cc(C#Cc3ccc(C(=O)O)cc3)ccc21. The lowest BCUT2D eigenvalue weighted by molar-refractivity contribution is -0.193. The van der Waals surface area contributed by atoms with E-state index in [2.05, 4.69) is 43.9 Å². The number of fused-ring (bicyclic) bond motifs is 1. The number of hydrogen-bond acceptors (Lipinski definition) is 3. The molecule has 1 N–H and O–H groups in total. The summed E-state index contributed by atoms with van der Waals surface area (Å²) < 4.78 is 12.2. The van der Waals surface area contributed by atoms with Crippen LogP contribution in [0.5, 0.6) is 0 Å². The minimum atomic E-state index is -0.931. The minimum absolute atomic E-state index is 0.0349. The van der Waals surface area contributed by atoms with Gasteiger partial charge in [0.1, 0.15) is 0 Å². The summed E-state index contributed by atoms with van der Waals surface area (Å²) >= 11 is 0. The number of hydrogen-bond donors (Lipinski definition) is 1. The molecule has 1 heterocycles. The Balaban J connectivity index is 1.59. The van der Waals surface area contributed by atoms with Crippen molar-refractivity contribution in [2.45, 2.75) is 63.8 Å². The third-order valence-electron chi connectivity index (χ3n) is 6.10. The summed E-state index contributed by atoms with van der Waals surface area (Å²) in [6.45, 7) is 5.35. The first-order chi connectivity index (χ1) is 14.4. The number of aromatic carboxylic acids is 1. The monoisotopic (exact) mass is 404 g/mol. The molecule has 0 saturated carbocycles. The van der Waals surface area contributed by atoms with E-state index in [-0.39, 0.29) is 23.4 Å². The molecule has 4 nitrogen and oxygen atoms in total. The van der Waals surface area contributed by atoms with E-state index < -0.39 is 5.97 Å². The molecular weight excluding hydrogens is 376 g/mol. The maximum atomic E-state index is 11.0. The molecule has 2 aromatic rings. The highest BCUT2D eigenvalue weighted by molar-refractivity contribution is 5.87. The van der Waals surface area contributed by atoms with Crippen LogP contribution >= 0.6 is 0 Å². The highest BCUT2D eigenvalue weighted by atomic mass is 16.7. The van der Waals surface area contributed by atoms with Gasteiger partial charge < -0.3 is 14.6 Å². The molecule has 4 heteroatoms. The average Bonchev–Trinajstić information content (AvgIpc) is 2.75. The van der Waals surface area contributed by atoms with Gasteiger partial charge in [0.25, 0.3) is 0 Å². The maximum absolute atomic E-state index is 11.0. The Hall–Kier alpha value is -2.61. The van der Waals surface area contributed by atoms with Gasteiger partial charge in [-0.25, -0.2) is 4.79 Å². The molecule has 0 radical (unpaired) electrons. The highest BCUT2D eigenvalue weighted by Crippen LogP contribution is 2.44. The molecule has 2 aromatic carbocycles. The van der Waals surface area contributed by atoms with E-state index in [0.717, 1.165) is 49.8 Å². The van der Waals surface area contributed by atoms with Gasteiger partial charge in [0, 0.05) is 17.7 Å². The lowest BCUT2D eigenvalue weighted by atomic mass is 9.71. The lowest BCUT2D eigenvalue weighted by Crippen LogP contribution is -2.31. The van der Waals surface area contributed by atoms with Crippen molar-refractivity contribution in [2.24, 2.45) is 0 Å². The van der Waals surface area contributed by atoms with E-state index in [1.54, 1.807) is 24.3 Å². The summed E-state index contributed by atoms with van der Waals surface area (Å²) in [7, 11) is 0. The number of carboxylic acid groups (broad SMARTS) is 1. The van der Waals surface area contributed by atoms with Crippen molar-refractivity contribution in [3.05, 3.63) is 70.3 Å². The third-order valence-corrected chi connectivity index (χ3v) is 6.10. The molecule has 30 heavy (non-hydrogen) atoms. The number of carboxylic acids is 1. The summed E-state index contributed by atoms with van der Waals surface area (Å²) in [6.07, 6.45) is 5.21. The summed E-state index contributed by atoms with van der Waals surface area (Å²) in [5, 5.41) is 9.02. The van der Waals surface area contributed by atoms with E-state index >= 15 is 0 Å². The fourth-order valence-electron chi connectivity index (χ4n) is 4.29. The number of ether oxygens (including phenoxy) is 2. The van der Waals surface area contributed by atoms with Crippen LogP contribution in [0.1, 0.15) is 84.7 Å². The van der Waals surface area contributed by atoms with Crippen molar-refractivity contribution in [1.29, 1.82) is 0 Å². The van der Waals surface area contributed by atoms with Crippen LogP contribution in [-0.2, 0) is 14.9 Å². The van der Waals surface area contributed by atoms with E-state index in [0.29, 0.717) is 0 Å². The van der Waals surface area contributed by atoms with Crippen molar-refractivity contribution >= 4 is 5.97 Å². The van der Waals surface area contributed by atoms with Crippen molar-refractivity contribution in [1.82, 2.24) is 0 Å². The summed E-state index contributed by atoms with van der Waals surface area (Å²) in [4.78, 5) is 11.0. The van der Waals surface area contributed by atoms with E-state index in [9.17, 15) is 4.79 Å². The van der Waals surface area contributed by atoms with Crippen LogP contribution in [0.2, 0.25) is 0 Å². The number of carbonyl (C=O) groups is 1. The van der Waals surface area contributed by atoms with Crippen LogP contribution in [0.3, 0.4) is 0 Å². The molecule has 2 aliphatic rings. The van der Waals surface area contributed by atoms with Gasteiger partial charge in [-0.1, -0.05) is 31.8 Å². The first-order valence-corrected chi connectivity index (χ1v) is 10.7. The third kappa shape index (κ3) is 4.59. The Morgan fingerprint density at radius 2 is 1.80 bits per heavy atom. The molecule has 1 aliphatic heterocycles. The van der Waals surface area contributed by atoms with Crippen LogP contribution < -0.4 is 0 Å². The van der Waals surface area contributed by atoms with Gasteiger partial charge in [-0.3, -0.25) is 0 Å². The van der Waals surface area contributed by atoms with Gasteiger partial charge in [-0.2, -0.15) is 0 Å². The predicted octanol–water partition coefficient (Wildman–Crippen LogP) is 5.44. The van der Waals surface area contributed by atoms with Gasteiger partial charge in [0.2, 0.25) is 0 Å². The zero-order valence-electron chi connectivity index (χ0n) is 17.6. The fourth-order valence-corrected chi connectivity index (χ4v) is 4.29. The first-order valence-electron chi connectivity index (χ1n) is 10.7. The van der Waals surface area contributed by atoms with Crippen molar-refractivity contribution in [3.63, 3.8) is 0 Å². The molecule has 1 saturated heterocycles. The quantitative estimate of drug-likeness (QED) is 0.692. The zero-order valence-corrected chi connectivity index (χ0v) is 17.6. The molecule has 0 spiro atoms. The Morgan fingerprint density at radius 1 is 1.07 bits per heavy atom. The molecule has 1 fully saturated rings. The van der Waals surface area contributed by atoms with Crippen LogP contribution in [0.25, 0.3) is 0 Å². The Kier molecular flexibility index (Phi) is 5.94. The topological polar surface area (TPSA) is 55.8 Å². The van der Waals surface area contributed by atoms with Crippen LogP contribution in [0.4, 0.5) is 0 Å². The largest absolute Gasteiger partial charge is 0.478 e. The molecule has 0 bridgehead atoms. The fraction of sp³-hybridized carbons (Fsp3) is 0.423. The summed E-state index contributed by atoms with van der Waals surface area (Å²) in [6, 6.07) is 13.0. The standard InChI is InChI=1S/C26H28O4/c1-26(2)15-14-23(30-24-5-3-4-16-29-24)21-17-19(10-13-22(21)26)7-6-18-8-11-20(12-9-18)25(27)28/h8-13,17,23-24H,3-5,14-16H2,1-2H3,(H,27,28)/t23-,24-/m1/s1. The second kappa shape index (κ2) is 8.63. The normalized spacial score (nSPS) is 22.5. The van der Waals surface area contributed by atoms with Crippen molar-refractivity contribution in [3.8, 4) is 11.8 Å². The molecule has 1 aliphatic carbocycles.